The number of piperidine rings is 1. The quantitative estimate of drug-likeness (QED) is 0.635. The van der Waals surface area contributed by atoms with Crippen LogP contribution >= 0.6 is 0 Å². The minimum absolute atomic E-state index is 0.579. The van der Waals surface area contributed by atoms with Crippen molar-refractivity contribution in [2.24, 2.45) is 10.9 Å². The second-order valence-corrected chi connectivity index (χ2v) is 5.40. The molecule has 1 saturated heterocycles. The molecule has 20 heavy (non-hydrogen) atoms. The Morgan fingerprint density at radius 3 is 2.85 bits per heavy atom. The van der Waals surface area contributed by atoms with Crippen molar-refractivity contribution in [3.8, 4) is 0 Å². The summed E-state index contributed by atoms with van der Waals surface area (Å²) in [6.45, 7) is 6.93. The van der Waals surface area contributed by atoms with Crippen LogP contribution in [-0.4, -0.2) is 44.1 Å². The first kappa shape index (κ1) is 14.9. The Balaban J connectivity index is 1.78. The van der Waals surface area contributed by atoms with E-state index < -0.39 is 0 Å². The minimum Gasteiger partial charge on any atom is -0.467 e. The Hall–Kier alpha value is -1.49. The van der Waals surface area contributed by atoms with Crippen molar-refractivity contribution >= 4 is 5.96 Å². The number of hydrogen-bond acceptors (Lipinski definition) is 3. The van der Waals surface area contributed by atoms with E-state index in [0.717, 1.165) is 30.7 Å². The second kappa shape index (κ2) is 7.94. The lowest BCUT2D eigenvalue weighted by Gasteiger charge is -2.29. The van der Waals surface area contributed by atoms with Crippen molar-refractivity contribution in [1.29, 1.82) is 0 Å². The molecule has 0 unspecified atom stereocenters. The van der Waals surface area contributed by atoms with Gasteiger partial charge in [0, 0.05) is 13.1 Å². The number of rotatable bonds is 5. The topological polar surface area (TPSA) is 52.8 Å². The van der Waals surface area contributed by atoms with Crippen LogP contribution in [0.1, 0.15) is 25.5 Å². The predicted molar refractivity (Wildman–Crippen MR) is 81.7 cm³/mol. The van der Waals surface area contributed by atoms with E-state index in [1.165, 1.54) is 25.9 Å². The molecule has 1 aromatic rings. The van der Waals surface area contributed by atoms with Gasteiger partial charge in [0.25, 0.3) is 0 Å². The summed E-state index contributed by atoms with van der Waals surface area (Å²) in [5, 5.41) is 6.73. The summed E-state index contributed by atoms with van der Waals surface area (Å²) in [7, 11) is 2.19. The minimum atomic E-state index is 0.579. The van der Waals surface area contributed by atoms with Gasteiger partial charge in [-0.3, -0.25) is 0 Å². The summed E-state index contributed by atoms with van der Waals surface area (Å²) in [6.07, 6.45) is 4.21. The molecule has 0 saturated carbocycles. The lowest BCUT2D eigenvalue weighted by molar-refractivity contribution is 0.220. The normalized spacial score (nSPS) is 18.2. The van der Waals surface area contributed by atoms with Crippen molar-refractivity contribution in [2.45, 2.75) is 26.3 Å². The standard InChI is InChI=1S/C15H26N4O/c1-3-16-15(18-12-14-5-4-10-20-14)17-11-13-6-8-19(2)9-7-13/h4-5,10,13H,3,6-9,11-12H2,1-2H3,(H2,16,17,18). The number of aliphatic imine (C=N–C) groups is 1. The molecule has 0 bridgehead atoms. The van der Waals surface area contributed by atoms with Gasteiger partial charge < -0.3 is 20.0 Å². The largest absolute Gasteiger partial charge is 0.467 e. The van der Waals surface area contributed by atoms with Gasteiger partial charge in [-0.1, -0.05) is 0 Å². The van der Waals surface area contributed by atoms with Crippen LogP contribution in [0.5, 0.6) is 0 Å². The predicted octanol–water partition coefficient (Wildman–Crippen LogP) is 1.68. The maximum atomic E-state index is 5.30. The Labute approximate surface area is 121 Å². The molecular weight excluding hydrogens is 252 g/mol. The fraction of sp³-hybridized carbons (Fsp3) is 0.667. The van der Waals surface area contributed by atoms with Crippen LogP contribution < -0.4 is 10.6 Å². The zero-order valence-electron chi connectivity index (χ0n) is 12.6. The summed E-state index contributed by atoms with van der Waals surface area (Å²) >= 11 is 0. The summed E-state index contributed by atoms with van der Waals surface area (Å²) in [4.78, 5) is 6.94. The third-order valence-corrected chi connectivity index (χ3v) is 3.71. The van der Waals surface area contributed by atoms with Gasteiger partial charge in [-0.2, -0.15) is 0 Å². The highest BCUT2D eigenvalue weighted by Gasteiger charge is 2.16. The fourth-order valence-corrected chi connectivity index (χ4v) is 2.41. The molecule has 1 aliphatic rings. The molecule has 0 atom stereocenters. The summed E-state index contributed by atoms with van der Waals surface area (Å²) in [6, 6.07) is 3.84. The monoisotopic (exact) mass is 278 g/mol. The molecule has 2 heterocycles. The molecule has 112 valence electrons. The van der Waals surface area contributed by atoms with Gasteiger partial charge in [-0.15, -0.1) is 0 Å². The molecule has 0 amide bonds. The van der Waals surface area contributed by atoms with Crippen LogP contribution in [0.3, 0.4) is 0 Å². The first-order chi connectivity index (χ1) is 9.78. The van der Waals surface area contributed by atoms with E-state index in [4.69, 9.17) is 4.42 Å². The third kappa shape index (κ3) is 4.89. The van der Waals surface area contributed by atoms with E-state index in [2.05, 4.69) is 34.5 Å². The van der Waals surface area contributed by atoms with E-state index in [9.17, 15) is 0 Å². The third-order valence-electron chi connectivity index (χ3n) is 3.71. The van der Waals surface area contributed by atoms with Gasteiger partial charge in [-0.05, 0) is 58.0 Å². The van der Waals surface area contributed by atoms with Crippen LogP contribution in [0.25, 0.3) is 0 Å². The van der Waals surface area contributed by atoms with Gasteiger partial charge in [-0.25, -0.2) is 4.99 Å². The van der Waals surface area contributed by atoms with Crippen molar-refractivity contribution in [3.05, 3.63) is 24.2 Å². The zero-order chi connectivity index (χ0) is 14.2. The summed E-state index contributed by atoms with van der Waals surface area (Å²) in [5.41, 5.74) is 0. The summed E-state index contributed by atoms with van der Waals surface area (Å²) in [5.74, 6) is 2.52. The molecule has 0 aliphatic carbocycles. The lowest BCUT2D eigenvalue weighted by atomic mass is 9.97. The van der Waals surface area contributed by atoms with Crippen LogP contribution in [-0.2, 0) is 6.54 Å². The van der Waals surface area contributed by atoms with E-state index in [1.54, 1.807) is 6.26 Å². The molecule has 1 aliphatic heterocycles. The van der Waals surface area contributed by atoms with Crippen molar-refractivity contribution in [1.82, 2.24) is 15.5 Å². The molecule has 1 aromatic heterocycles. The number of likely N-dealkylation sites (tertiary alicyclic amines) is 1. The zero-order valence-corrected chi connectivity index (χ0v) is 12.6. The average molecular weight is 278 g/mol. The number of nitrogens with one attached hydrogen (secondary N) is 2. The van der Waals surface area contributed by atoms with Gasteiger partial charge in [0.15, 0.2) is 5.96 Å². The first-order valence-corrected chi connectivity index (χ1v) is 7.51. The van der Waals surface area contributed by atoms with Crippen molar-refractivity contribution in [2.75, 3.05) is 33.2 Å². The van der Waals surface area contributed by atoms with E-state index >= 15 is 0 Å². The van der Waals surface area contributed by atoms with E-state index in [0.29, 0.717) is 6.54 Å². The fourth-order valence-electron chi connectivity index (χ4n) is 2.41. The average Bonchev–Trinajstić information content (AvgIpc) is 2.97. The second-order valence-electron chi connectivity index (χ2n) is 5.40. The van der Waals surface area contributed by atoms with Gasteiger partial charge in [0.1, 0.15) is 12.3 Å². The molecule has 0 aromatic carbocycles. The van der Waals surface area contributed by atoms with Gasteiger partial charge in [0.2, 0.25) is 0 Å². The number of nitrogens with zero attached hydrogens (tertiary/aromatic N) is 2. The molecular formula is C15H26N4O. The smallest absolute Gasteiger partial charge is 0.191 e. The SMILES string of the molecule is CCNC(=NCc1ccco1)NCC1CCN(C)CC1. The summed E-state index contributed by atoms with van der Waals surface area (Å²) < 4.78 is 5.30. The number of guanidine groups is 1. The Morgan fingerprint density at radius 1 is 1.40 bits per heavy atom. The van der Waals surface area contributed by atoms with Crippen LogP contribution in [0.4, 0.5) is 0 Å². The van der Waals surface area contributed by atoms with E-state index in [1.807, 2.05) is 12.1 Å². The Bertz CT molecular complexity index is 394. The Kier molecular flexibility index (Phi) is 5.92. The molecule has 1 fully saturated rings. The van der Waals surface area contributed by atoms with Gasteiger partial charge >= 0.3 is 0 Å². The maximum absolute atomic E-state index is 5.30. The highest BCUT2D eigenvalue weighted by Crippen LogP contribution is 2.14. The van der Waals surface area contributed by atoms with Crippen molar-refractivity contribution < 1.29 is 4.42 Å². The van der Waals surface area contributed by atoms with Crippen molar-refractivity contribution in [3.63, 3.8) is 0 Å². The lowest BCUT2D eigenvalue weighted by Crippen LogP contribution is -2.42. The highest BCUT2D eigenvalue weighted by atomic mass is 16.3. The Morgan fingerprint density at radius 2 is 2.20 bits per heavy atom. The molecule has 5 nitrogen and oxygen atoms in total. The number of furan rings is 1. The maximum Gasteiger partial charge on any atom is 0.191 e. The van der Waals surface area contributed by atoms with Crippen LogP contribution in [0.15, 0.2) is 27.8 Å². The molecule has 5 heteroatoms. The molecule has 2 rings (SSSR count). The van der Waals surface area contributed by atoms with Crippen LogP contribution in [0, 0.1) is 5.92 Å². The molecule has 0 radical (unpaired) electrons. The first-order valence-electron chi connectivity index (χ1n) is 7.51. The van der Waals surface area contributed by atoms with Gasteiger partial charge in [0.05, 0.1) is 6.26 Å². The number of hydrogen-bond donors (Lipinski definition) is 2. The van der Waals surface area contributed by atoms with Crippen LogP contribution in [0.2, 0.25) is 0 Å². The molecule has 2 N–H and O–H groups in total. The molecule has 0 spiro atoms. The highest BCUT2D eigenvalue weighted by molar-refractivity contribution is 5.79. The van der Waals surface area contributed by atoms with E-state index in [-0.39, 0.29) is 0 Å².